The van der Waals surface area contributed by atoms with Gasteiger partial charge in [0, 0.05) is 35.1 Å². The predicted octanol–water partition coefficient (Wildman–Crippen LogP) is 7.13. The standard InChI is InChI=1S/C33H38NO7PS2/c1-32(2)21-40-42(35,41-22-32)30(24-12-14-28(15-13-24)43(5,36)37)18-23-9-7-10-25(17-23)29-20-27(33(3,4)44(6,38)39)19-26-11-8-16-34-31(26)29/h7-17,19-20,30H,18,21-22H2,1-6H3. The van der Waals surface area contributed by atoms with Crippen LogP contribution in [-0.4, -0.2) is 47.5 Å². The van der Waals surface area contributed by atoms with Gasteiger partial charge in [-0.2, -0.15) is 0 Å². The highest BCUT2D eigenvalue weighted by Gasteiger charge is 2.43. The maximum Gasteiger partial charge on any atom is 0.338 e. The summed E-state index contributed by atoms with van der Waals surface area (Å²) in [6, 6.07) is 21.6. The lowest BCUT2D eigenvalue weighted by Crippen LogP contribution is -2.31. The third-order valence-electron chi connectivity index (χ3n) is 8.34. The monoisotopic (exact) mass is 655 g/mol. The van der Waals surface area contributed by atoms with Crippen molar-refractivity contribution in [3.63, 3.8) is 0 Å². The summed E-state index contributed by atoms with van der Waals surface area (Å²) in [5, 5.41) is 0.821. The van der Waals surface area contributed by atoms with E-state index in [-0.39, 0.29) is 23.5 Å². The van der Waals surface area contributed by atoms with E-state index in [1.54, 1.807) is 32.2 Å². The van der Waals surface area contributed by atoms with E-state index in [4.69, 9.17) is 9.05 Å². The third kappa shape index (κ3) is 6.56. The minimum atomic E-state index is -3.65. The van der Waals surface area contributed by atoms with E-state index in [2.05, 4.69) is 4.98 Å². The molecule has 1 aliphatic rings. The Hall–Kier alpha value is -2.88. The molecule has 1 unspecified atom stereocenters. The second-order valence-electron chi connectivity index (χ2n) is 12.9. The summed E-state index contributed by atoms with van der Waals surface area (Å²) in [7, 11) is -10.5. The molecule has 11 heteroatoms. The van der Waals surface area contributed by atoms with Gasteiger partial charge in [0.05, 0.1) is 34.0 Å². The summed E-state index contributed by atoms with van der Waals surface area (Å²) >= 11 is 0. The van der Waals surface area contributed by atoms with Gasteiger partial charge in [-0.25, -0.2) is 16.8 Å². The minimum absolute atomic E-state index is 0.170. The minimum Gasteiger partial charge on any atom is -0.307 e. The Balaban J connectivity index is 1.60. The highest BCUT2D eigenvalue weighted by atomic mass is 32.2. The van der Waals surface area contributed by atoms with Crippen molar-refractivity contribution in [2.45, 2.75) is 49.4 Å². The largest absolute Gasteiger partial charge is 0.338 e. The smallest absolute Gasteiger partial charge is 0.307 e. The Labute approximate surface area is 260 Å². The van der Waals surface area contributed by atoms with Crippen molar-refractivity contribution in [2.75, 3.05) is 25.7 Å². The molecule has 4 aromatic rings. The molecular formula is C33H38NO7PS2. The van der Waals surface area contributed by atoms with Gasteiger partial charge in [0.25, 0.3) is 0 Å². The molecule has 1 fully saturated rings. The van der Waals surface area contributed by atoms with Crippen LogP contribution in [0.2, 0.25) is 0 Å². The first kappa shape index (κ1) is 32.5. The maximum atomic E-state index is 14.3. The molecule has 1 aromatic heterocycles. The van der Waals surface area contributed by atoms with Crippen LogP contribution < -0.4 is 0 Å². The summed E-state index contributed by atoms with van der Waals surface area (Å²) in [5.41, 5.74) is 3.52. The Kier molecular flexibility index (Phi) is 8.49. The fourth-order valence-corrected chi connectivity index (χ4v) is 8.84. The van der Waals surface area contributed by atoms with Crippen LogP contribution in [0.4, 0.5) is 0 Å². The predicted molar refractivity (Wildman–Crippen MR) is 174 cm³/mol. The SMILES string of the molecule is CC1(C)COP(=O)(C(Cc2cccc(-c3cc(C(C)(C)S(C)(=O)=O)cc4cccnc34)c2)c2ccc(S(C)(=O)=O)cc2)OC1. The van der Waals surface area contributed by atoms with E-state index < -0.39 is 37.7 Å². The molecule has 3 aromatic carbocycles. The van der Waals surface area contributed by atoms with Gasteiger partial charge in [-0.05, 0) is 72.9 Å². The van der Waals surface area contributed by atoms with E-state index in [1.165, 1.54) is 18.4 Å². The molecule has 234 valence electrons. The van der Waals surface area contributed by atoms with Crippen LogP contribution in [0.25, 0.3) is 22.0 Å². The number of aromatic nitrogens is 1. The van der Waals surface area contributed by atoms with E-state index in [0.717, 1.165) is 33.8 Å². The van der Waals surface area contributed by atoms with Crippen molar-refractivity contribution in [3.8, 4) is 11.1 Å². The van der Waals surface area contributed by atoms with Crippen molar-refractivity contribution in [3.05, 3.63) is 95.7 Å². The van der Waals surface area contributed by atoms with Crippen LogP contribution in [0.3, 0.4) is 0 Å². The lowest BCUT2D eigenvalue weighted by molar-refractivity contribution is 0.0378. The van der Waals surface area contributed by atoms with E-state index in [9.17, 15) is 21.4 Å². The van der Waals surface area contributed by atoms with Gasteiger partial charge in [-0.15, -0.1) is 0 Å². The third-order valence-corrected chi connectivity index (χ3v) is 13.8. The van der Waals surface area contributed by atoms with Crippen LogP contribution in [0.15, 0.2) is 83.9 Å². The molecule has 5 rings (SSSR count). The van der Waals surface area contributed by atoms with E-state index in [1.807, 2.05) is 62.4 Å². The van der Waals surface area contributed by atoms with Crippen molar-refractivity contribution in [1.82, 2.24) is 4.98 Å². The van der Waals surface area contributed by atoms with Crippen LogP contribution in [0.1, 0.15) is 50.0 Å². The zero-order chi connectivity index (χ0) is 32.1. The molecule has 1 atom stereocenters. The van der Waals surface area contributed by atoms with Gasteiger partial charge < -0.3 is 9.05 Å². The maximum absolute atomic E-state index is 14.3. The van der Waals surface area contributed by atoms with Crippen molar-refractivity contribution in [2.24, 2.45) is 5.41 Å². The Morgan fingerprint density at radius 3 is 2.18 bits per heavy atom. The fourth-order valence-electron chi connectivity index (χ4n) is 5.20. The molecule has 2 heterocycles. The highest BCUT2D eigenvalue weighted by molar-refractivity contribution is 7.91. The highest BCUT2D eigenvalue weighted by Crippen LogP contribution is 2.65. The summed E-state index contributed by atoms with van der Waals surface area (Å²) < 4.78 is 74.8. The van der Waals surface area contributed by atoms with Gasteiger partial charge in [0.15, 0.2) is 19.7 Å². The normalized spacial score (nSPS) is 17.8. The molecule has 0 amide bonds. The zero-order valence-corrected chi connectivity index (χ0v) is 28.3. The molecule has 0 spiro atoms. The second-order valence-corrected chi connectivity index (χ2v) is 19.7. The zero-order valence-electron chi connectivity index (χ0n) is 25.8. The van der Waals surface area contributed by atoms with Crippen LogP contribution in [0.5, 0.6) is 0 Å². The molecule has 0 bridgehead atoms. The van der Waals surface area contributed by atoms with E-state index >= 15 is 0 Å². The van der Waals surface area contributed by atoms with Gasteiger partial charge >= 0.3 is 7.60 Å². The molecule has 8 nitrogen and oxygen atoms in total. The number of rotatable bonds is 8. The summed E-state index contributed by atoms with van der Waals surface area (Å²) in [4.78, 5) is 4.79. The quantitative estimate of drug-likeness (QED) is 0.184. The number of hydrogen-bond donors (Lipinski definition) is 0. The lowest BCUT2D eigenvalue weighted by Gasteiger charge is -2.37. The topological polar surface area (TPSA) is 117 Å². The fraction of sp³-hybridized carbons (Fsp3) is 0.364. The number of hydrogen-bond acceptors (Lipinski definition) is 8. The number of nitrogens with zero attached hydrogens (tertiary/aromatic N) is 1. The first-order valence-electron chi connectivity index (χ1n) is 14.3. The average Bonchev–Trinajstić information content (AvgIpc) is 2.96. The van der Waals surface area contributed by atoms with Gasteiger partial charge in [-0.1, -0.05) is 56.3 Å². The first-order valence-corrected chi connectivity index (χ1v) is 19.7. The van der Waals surface area contributed by atoms with Crippen LogP contribution in [0, 0.1) is 5.41 Å². The van der Waals surface area contributed by atoms with Crippen LogP contribution in [-0.2, 0) is 44.5 Å². The molecule has 1 aliphatic heterocycles. The van der Waals surface area contributed by atoms with Crippen molar-refractivity contribution in [1.29, 1.82) is 0 Å². The summed E-state index contributed by atoms with van der Waals surface area (Å²) in [5.74, 6) is 0. The average molecular weight is 656 g/mol. The number of benzene rings is 3. The molecule has 0 N–H and O–H groups in total. The molecule has 0 aliphatic carbocycles. The molecule has 1 saturated heterocycles. The summed E-state index contributed by atoms with van der Waals surface area (Å²) in [6.07, 6.45) is 4.39. The summed E-state index contributed by atoms with van der Waals surface area (Å²) in [6.45, 7) is 7.89. The first-order chi connectivity index (χ1) is 20.4. The Morgan fingerprint density at radius 1 is 0.909 bits per heavy atom. The second kappa shape index (κ2) is 11.5. The Bertz CT molecular complexity index is 1970. The van der Waals surface area contributed by atoms with E-state index in [0.29, 0.717) is 17.5 Å². The number of pyridine rings is 1. The number of fused-ring (bicyclic) bond motifs is 1. The van der Waals surface area contributed by atoms with Crippen molar-refractivity contribution >= 4 is 38.2 Å². The van der Waals surface area contributed by atoms with Crippen molar-refractivity contribution < 1.29 is 30.4 Å². The Morgan fingerprint density at radius 2 is 1.57 bits per heavy atom. The van der Waals surface area contributed by atoms with Gasteiger partial charge in [0.2, 0.25) is 0 Å². The van der Waals surface area contributed by atoms with Gasteiger partial charge in [-0.3, -0.25) is 9.55 Å². The lowest BCUT2D eigenvalue weighted by atomic mass is 9.92. The van der Waals surface area contributed by atoms with Gasteiger partial charge in [0.1, 0.15) is 0 Å². The molecule has 0 radical (unpaired) electrons. The molecule has 0 saturated carbocycles. The van der Waals surface area contributed by atoms with Crippen LogP contribution >= 0.6 is 7.60 Å². The molecule has 44 heavy (non-hydrogen) atoms. The molecular weight excluding hydrogens is 617 g/mol. The number of sulfone groups is 2.